The summed E-state index contributed by atoms with van der Waals surface area (Å²) in [5.41, 5.74) is 0.293. The van der Waals surface area contributed by atoms with E-state index in [0.29, 0.717) is 21.0 Å². The van der Waals surface area contributed by atoms with Crippen molar-refractivity contribution in [1.29, 1.82) is 0 Å². The average Bonchev–Trinajstić information content (AvgIpc) is 3.24. The van der Waals surface area contributed by atoms with E-state index in [4.69, 9.17) is 13.9 Å². The van der Waals surface area contributed by atoms with Crippen molar-refractivity contribution >= 4 is 56.2 Å². The van der Waals surface area contributed by atoms with Gasteiger partial charge in [0.2, 0.25) is 0 Å². The van der Waals surface area contributed by atoms with Crippen LogP contribution < -0.4 is 5.32 Å². The number of anilines is 1. The van der Waals surface area contributed by atoms with Gasteiger partial charge in [0.15, 0.2) is 11.3 Å². The van der Waals surface area contributed by atoms with E-state index in [1.807, 2.05) is 6.92 Å². The maximum Gasteiger partial charge on any atom is 0.341 e. The maximum absolute atomic E-state index is 12.0. The number of amides is 1. The first-order chi connectivity index (χ1) is 12.9. The minimum atomic E-state index is -0.691. The summed E-state index contributed by atoms with van der Waals surface area (Å²) >= 11 is 4.43. The molecule has 7 nitrogen and oxygen atoms in total. The number of carbonyl (C=O) groups is 3. The largest absolute Gasteiger partial charge is 0.462 e. The Hall–Kier alpha value is -2.39. The third-order valence-corrected chi connectivity index (χ3v) is 4.82. The van der Waals surface area contributed by atoms with Crippen LogP contribution in [0.3, 0.4) is 0 Å². The predicted molar refractivity (Wildman–Crippen MR) is 105 cm³/mol. The minimum absolute atomic E-state index is 0.236. The van der Waals surface area contributed by atoms with E-state index in [1.54, 1.807) is 25.1 Å². The molecule has 27 heavy (non-hydrogen) atoms. The second-order valence-electron chi connectivity index (χ2n) is 5.16. The van der Waals surface area contributed by atoms with Gasteiger partial charge in [0.25, 0.3) is 5.91 Å². The van der Waals surface area contributed by atoms with Crippen molar-refractivity contribution in [2.24, 2.45) is 0 Å². The molecule has 9 heteroatoms. The Balaban J connectivity index is 1.91. The summed E-state index contributed by atoms with van der Waals surface area (Å²) in [6.45, 7) is 3.40. The molecular weight excluding hydrogens is 438 g/mol. The van der Waals surface area contributed by atoms with E-state index in [1.165, 1.54) is 17.4 Å². The average molecular weight is 456 g/mol. The van der Waals surface area contributed by atoms with E-state index in [2.05, 4.69) is 21.2 Å². The molecule has 0 radical (unpaired) electrons. The third kappa shape index (κ3) is 6.37. The lowest BCUT2D eigenvalue weighted by atomic mass is 10.2. The Bertz CT molecular complexity index is 854. The molecule has 2 rings (SSSR count). The Morgan fingerprint density at radius 1 is 1.26 bits per heavy atom. The summed E-state index contributed by atoms with van der Waals surface area (Å²) in [7, 11) is 0. The van der Waals surface area contributed by atoms with Crippen LogP contribution in [0.5, 0.6) is 0 Å². The summed E-state index contributed by atoms with van der Waals surface area (Å²) in [6, 6.07) is 5.04. The molecule has 0 bridgehead atoms. The number of aryl methyl sites for hydroxylation is 1. The number of nitrogens with one attached hydrogen (secondary N) is 1. The molecule has 0 aliphatic rings. The molecule has 0 aromatic carbocycles. The molecule has 1 N–H and O–H groups in total. The van der Waals surface area contributed by atoms with Crippen LogP contribution in [0.1, 0.15) is 34.8 Å². The second-order valence-corrected chi connectivity index (χ2v) is 7.08. The van der Waals surface area contributed by atoms with Crippen molar-refractivity contribution in [2.45, 2.75) is 20.3 Å². The second kappa shape index (κ2) is 10.1. The molecule has 0 saturated carbocycles. The Labute approximate surface area is 168 Å². The minimum Gasteiger partial charge on any atom is -0.462 e. The zero-order chi connectivity index (χ0) is 19.8. The van der Waals surface area contributed by atoms with Crippen LogP contribution in [0.25, 0.3) is 6.08 Å². The number of rotatable bonds is 8. The van der Waals surface area contributed by atoms with Gasteiger partial charge in [-0.3, -0.25) is 4.79 Å². The number of thiophene rings is 1. The fourth-order valence-electron chi connectivity index (χ4n) is 1.99. The zero-order valence-corrected chi connectivity index (χ0v) is 17.1. The van der Waals surface area contributed by atoms with Crippen LogP contribution in [0.4, 0.5) is 5.00 Å². The lowest BCUT2D eigenvalue weighted by Crippen LogP contribution is -2.20. The molecule has 2 aromatic heterocycles. The number of carbonyl (C=O) groups excluding carboxylic acids is 3. The maximum atomic E-state index is 12.0. The smallest absolute Gasteiger partial charge is 0.341 e. The van der Waals surface area contributed by atoms with Crippen LogP contribution >= 0.6 is 27.3 Å². The highest BCUT2D eigenvalue weighted by atomic mass is 79.9. The molecule has 0 fully saturated rings. The van der Waals surface area contributed by atoms with Gasteiger partial charge >= 0.3 is 11.9 Å². The van der Waals surface area contributed by atoms with E-state index in [0.717, 1.165) is 17.4 Å². The Kier molecular flexibility index (Phi) is 7.81. The summed E-state index contributed by atoms with van der Waals surface area (Å²) in [5, 5.41) is 2.97. The van der Waals surface area contributed by atoms with Gasteiger partial charge in [-0.1, -0.05) is 6.92 Å². The fraction of sp³-hybridized carbons (Fsp3) is 0.278. The number of ether oxygens (including phenoxy) is 2. The molecular formula is C18H18BrNO6S. The first-order valence-corrected chi connectivity index (χ1v) is 9.73. The number of hydrogen-bond donors (Lipinski definition) is 1. The van der Waals surface area contributed by atoms with Crippen molar-refractivity contribution in [2.75, 3.05) is 18.5 Å². The van der Waals surface area contributed by atoms with Crippen molar-refractivity contribution < 1.29 is 28.3 Å². The van der Waals surface area contributed by atoms with Crippen LogP contribution in [0.15, 0.2) is 33.4 Å². The molecule has 0 atom stereocenters. The van der Waals surface area contributed by atoms with Gasteiger partial charge < -0.3 is 19.2 Å². The lowest BCUT2D eigenvalue weighted by Gasteiger charge is -2.06. The molecule has 0 aliphatic heterocycles. The van der Waals surface area contributed by atoms with Gasteiger partial charge in [-0.15, -0.1) is 11.3 Å². The highest BCUT2D eigenvalue weighted by molar-refractivity contribution is 9.10. The molecule has 0 spiro atoms. The van der Waals surface area contributed by atoms with Gasteiger partial charge in [0, 0.05) is 11.0 Å². The van der Waals surface area contributed by atoms with Crippen LogP contribution in [-0.2, 0) is 25.5 Å². The molecule has 1 amide bonds. The predicted octanol–water partition coefficient (Wildman–Crippen LogP) is 4.04. The Morgan fingerprint density at radius 2 is 2.04 bits per heavy atom. The van der Waals surface area contributed by atoms with E-state index < -0.39 is 24.5 Å². The van der Waals surface area contributed by atoms with Gasteiger partial charge in [-0.25, -0.2) is 9.59 Å². The molecule has 2 heterocycles. The third-order valence-electron chi connectivity index (χ3n) is 3.20. The number of esters is 2. The Morgan fingerprint density at radius 3 is 2.67 bits per heavy atom. The van der Waals surface area contributed by atoms with Crippen molar-refractivity contribution in [3.63, 3.8) is 0 Å². The molecule has 0 aliphatic carbocycles. The van der Waals surface area contributed by atoms with Crippen LogP contribution in [0, 0.1) is 0 Å². The quantitative estimate of drug-likeness (QED) is 0.476. The van der Waals surface area contributed by atoms with Crippen LogP contribution in [0.2, 0.25) is 0 Å². The molecule has 0 saturated heterocycles. The highest BCUT2D eigenvalue weighted by Crippen LogP contribution is 2.29. The number of halogens is 1. The molecule has 2 aromatic rings. The number of furan rings is 1. The first-order valence-electron chi connectivity index (χ1n) is 8.12. The van der Waals surface area contributed by atoms with Crippen molar-refractivity contribution in [3.8, 4) is 0 Å². The highest BCUT2D eigenvalue weighted by Gasteiger charge is 2.19. The van der Waals surface area contributed by atoms with E-state index in [9.17, 15) is 14.4 Å². The van der Waals surface area contributed by atoms with Crippen molar-refractivity contribution in [1.82, 2.24) is 0 Å². The molecule has 0 unspecified atom stereocenters. The van der Waals surface area contributed by atoms with Crippen LogP contribution in [-0.4, -0.2) is 31.1 Å². The summed E-state index contributed by atoms with van der Waals surface area (Å²) < 4.78 is 15.6. The monoisotopic (exact) mass is 455 g/mol. The van der Waals surface area contributed by atoms with E-state index >= 15 is 0 Å². The standard InChI is InChI=1S/C18H18BrNO6S/c1-3-12-9-13(18(23)24-4-2)17(27-12)20-15(21)10-25-16(22)8-6-11-5-7-14(19)26-11/h5-9H,3-4,10H2,1-2H3,(H,20,21)/b8-6+. The summed E-state index contributed by atoms with van der Waals surface area (Å²) in [4.78, 5) is 36.6. The SMILES string of the molecule is CCOC(=O)c1cc(CC)sc1NC(=O)COC(=O)/C=C/c1ccc(Br)o1. The van der Waals surface area contributed by atoms with Gasteiger partial charge in [-0.05, 0) is 53.5 Å². The topological polar surface area (TPSA) is 94.8 Å². The van der Waals surface area contributed by atoms with Gasteiger partial charge in [0.05, 0.1) is 12.2 Å². The van der Waals surface area contributed by atoms with Gasteiger partial charge in [-0.2, -0.15) is 0 Å². The van der Waals surface area contributed by atoms with Gasteiger partial charge in [0.1, 0.15) is 10.8 Å². The van der Waals surface area contributed by atoms with E-state index in [-0.39, 0.29) is 6.61 Å². The molecule has 144 valence electrons. The van der Waals surface area contributed by atoms with Crippen molar-refractivity contribution in [3.05, 3.63) is 45.1 Å². The zero-order valence-electron chi connectivity index (χ0n) is 14.7. The summed E-state index contributed by atoms with van der Waals surface area (Å²) in [5.74, 6) is -1.28. The normalized spacial score (nSPS) is 10.8. The summed E-state index contributed by atoms with van der Waals surface area (Å²) in [6.07, 6.45) is 3.30. The number of hydrogen-bond acceptors (Lipinski definition) is 7. The fourth-order valence-corrected chi connectivity index (χ4v) is 3.30. The first kappa shape index (κ1) is 20.9. The lowest BCUT2D eigenvalue weighted by molar-refractivity contribution is -0.142.